The number of amides is 1. The van der Waals surface area contributed by atoms with Crippen molar-refractivity contribution in [2.24, 2.45) is 23.7 Å². The third kappa shape index (κ3) is 3.48. The zero-order chi connectivity index (χ0) is 22.0. The highest BCUT2D eigenvalue weighted by molar-refractivity contribution is 5.83. The molecule has 1 saturated heterocycles. The number of hydrogen-bond acceptors (Lipinski definition) is 4. The van der Waals surface area contributed by atoms with Crippen LogP contribution >= 0.6 is 0 Å². The summed E-state index contributed by atoms with van der Waals surface area (Å²) in [5.41, 5.74) is 4.73. The number of fused-ring (bicyclic) bond motifs is 1. The molecule has 7 rings (SSSR count). The van der Waals surface area contributed by atoms with E-state index in [1.54, 1.807) is 0 Å². The highest BCUT2D eigenvalue weighted by Crippen LogP contribution is 2.55. The minimum atomic E-state index is 0.123. The molecular formula is C27H36N4O. The number of nitrogens with one attached hydrogen (secondary N) is 1. The number of piperidine rings is 1. The van der Waals surface area contributed by atoms with Gasteiger partial charge in [-0.15, -0.1) is 0 Å². The minimum absolute atomic E-state index is 0.123. The van der Waals surface area contributed by atoms with Crippen LogP contribution in [0.2, 0.25) is 0 Å². The van der Waals surface area contributed by atoms with Crippen molar-refractivity contribution >= 4 is 22.8 Å². The van der Waals surface area contributed by atoms with Gasteiger partial charge in [0.2, 0.25) is 11.9 Å². The minimum Gasteiger partial charge on any atom is -0.350 e. The van der Waals surface area contributed by atoms with E-state index in [2.05, 4.69) is 43.1 Å². The number of nitrogens with zero attached hydrogens (tertiary/aromatic N) is 3. The van der Waals surface area contributed by atoms with Crippen molar-refractivity contribution in [2.45, 2.75) is 77.7 Å². The first kappa shape index (κ1) is 20.4. The second-order valence-corrected chi connectivity index (χ2v) is 11.5. The summed E-state index contributed by atoms with van der Waals surface area (Å²) in [6.45, 7) is 8.07. The second-order valence-electron chi connectivity index (χ2n) is 11.5. The van der Waals surface area contributed by atoms with Crippen LogP contribution in [-0.4, -0.2) is 34.5 Å². The molecule has 1 aromatic carbocycles. The maximum atomic E-state index is 13.3. The van der Waals surface area contributed by atoms with Crippen LogP contribution in [0.5, 0.6) is 0 Å². The highest BCUT2D eigenvalue weighted by Gasteiger charge is 2.51. The molecule has 4 saturated carbocycles. The fourth-order valence-corrected chi connectivity index (χ4v) is 7.64. The van der Waals surface area contributed by atoms with Gasteiger partial charge in [0.25, 0.3) is 0 Å². The van der Waals surface area contributed by atoms with E-state index in [1.807, 2.05) is 0 Å². The summed E-state index contributed by atoms with van der Waals surface area (Å²) < 4.78 is 0. The van der Waals surface area contributed by atoms with Gasteiger partial charge < -0.3 is 10.2 Å². The summed E-state index contributed by atoms with van der Waals surface area (Å²) in [4.78, 5) is 25.3. The molecule has 2 aromatic rings. The molecule has 1 aromatic heterocycles. The Hall–Kier alpha value is -2.17. The molecule has 5 heteroatoms. The molecule has 1 N–H and O–H groups in total. The monoisotopic (exact) mass is 432 g/mol. The molecule has 4 bridgehead atoms. The molecule has 32 heavy (non-hydrogen) atoms. The lowest BCUT2D eigenvalue weighted by Crippen LogP contribution is -2.61. The number of anilines is 1. The molecule has 170 valence electrons. The Balaban J connectivity index is 1.13. The van der Waals surface area contributed by atoms with Gasteiger partial charge in [-0.2, -0.15) is 0 Å². The Kier molecular flexibility index (Phi) is 4.74. The van der Waals surface area contributed by atoms with Crippen molar-refractivity contribution in [1.29, 1.82) is 0 Å². The van der Waals surface area contributed by atoms with Gasteiger partial charge >= 0.3 is 0 Å². The molecule has 4 aliphatic carbocycles. The predicted molar refractivity (Wildman–Crippen MR) is 128 cm³/mol. The van der Waals surface area contributed by atoms with Gasteiger partial charge in [-0.3, -0.25) is 4.79 Å². The van der Waals surface area contributed by atoms with E-state index >= 15 is 0 Å². The van der Waals surface area contributed by atoms with Crippen molar-refractivity contribution in [3.8, 4) is 0 Å². The van der Waals surface area contributed by atoms with Crippen LogP contribution in [-0.2, 0) is 4.79 Å². The smallest absolute Gasteiger partial charge is 0.226 e. The lowest BCUT2D eigenvalue weighted by atomic mass is 9.53. The van der Waals surface area contributed by atoms with E-state index < -0.39 is 0 Å². The van der Waals surface area contributed by atoms with Crippen LogP contribution in [0.4, 0.5) is 5.95 Å². The van der Waals surface area contributed by atoms with Crippen molar-refractivity contribution in [3.05, 3.63) is 29.0 Å². The molecule has 0 atom stereocenters. The molecule has 0 unspecified atom stereocenters. The van der Waals surface area contributed by atoms with Gasteiger partial charge in [-0.05, 0) is 113 Å². The number of benzene rings is 1. The Labute approximate surface area is 191 Å². The lowest BCUT2D eigenvalue weighted by Gasteiger charge is -2.57. The summed E-state index contributed by atoms with van der Waals surface area (Å²) in [6.07, 6.45) is 9.72. The average Bonchev–Trinajstić information content (AvgIpc) is 2.74. The summed E-state index contributed by atoms with van der Waals surface area (Å²) in [7, 11) is 0. The van der Waals surface area contributed by atoms with Crippen LogP contribution in [0.3, 0.4) is 0 Å². The largest absolute Gasteiger partial charge is 0.350 e. The van der Waals surface area contributed by atoms with E-state index in [-0.39, 0.29) is 11.5 Å². The average molecular weight is 433 g/mol. The van der Waals surface area contributed by atoms with Gasteiger partial charge in [0.05, 0.1) is 11.2 Å². The topological polar surface area (TPSA) is 58.1 Å². The fraction of sp³-hybridized carbons (Fsp3) is 0.667. The zero-order valence-corrected chi connectivity index (χ0v) is 19.8. The maximum Gasteiger partial charge on any atom is 0.226 e. The van der Waals surface area contributed by atoms with Crippen molar-refractivity contribution < 1.29 is 4.79 Å². The first-order valence-corrected chi connectivity index (χ1v) is 12.7. The van der Waals surface area contributed by atoms with Crippen molar-refractivity contribution in [2.75, 3.05) is 18.0 Å². The predicted octanol–water partition coefficient (Wildman–Crippen LogP) is 4.86. The highest BCUT2D eigenvalue weighted by atomic mass is 16.2. The lowest BCUT2D eigenvalue weighted by molar-refractivity contribution is -0.131. The van der Waals surface area contributed by atoms with E-state index in [1.165, 1.54) is 49.7 Å². The Morgan fingerprint density at radius 3 is 2.16 bits per heavy atom. The van der Waals surface area contributed by atoms with E-state index in [0.717, 1.165) is 66.2 Å². The fourth-order valence-electron chi connectivity index (χ4n) is 7.64. The molecule has 2 heterocycles. The molecular weight excluding hydrogens is 396 g/mol. The van der Waals surface area contributed by atoms with Crippen LogP contribution in [0.25, 0.3) is 10.9 Å². The van der Waals surface area contributed by atoms with Crippen LogP contribution in [0, 0.1) is 44.4 Å². The van der Waals surface area contributed by atoms with Gasteiger partial charge in [0, 0.05) is 29.9 Å². The van der Waals surface area contributed by atoms with Crippen LogP contribution in [0.1, 0.15) is 68.2 Å². The molecule has 1 aliphatic heterocycles. The van der Waals surface area contributed by atoms with Gasteiger partial charge in [0.1, 0.15) is 0 Å². The zero-order valence-electron chi connectivity index (χ0n) is 19.8. The first-order valence-electron chi connectivity index (χ1n) is 12.7. The first-order chi connectivity index (χ1) is 15.4. The Bertz CT molecular complexity index is 1030. The van der Waals surface area contributed by atoms with Crippen LogP contribution in [0.15, 0.2) is 12.1 Å². The molecule has 0 radical (unpaired) electrons. The molecule has 5 aliphatic rings. The maximum absolute atomic E-state index is 13.3. The number of carbonyl (C=O) groups is 1. The summed E-state index contributed by atoms with van der Waals surface area (Å²) in [5, 5.41) is 4.75. The SMILES string of the molecule is Cc1cc2nc(N3CCC(C(=O)NC45CC6CC(CC(C6)C4)C5)CC3)nc(C)c2cc1C. The Morgan fingerprint density at radius 2 is 1.53 bits per heavy atom. The summed E-state index contributed by atoms with van der Waals surface area (Å²) >= 11 is 0. The molecule has 1 amide bonds. The van der Waals surface area contributed by atoms with E-state index in [4.69, 9.17) is 9.97 Å². The van der Waals surface area contributed by atoms with Gasteiger partial charge in [-0.1, -0.05) is 0 Å². The number of aryl methyl sites for hydroxylation is 3. The number of carbonyl (C=O) groups excluding carboxylic acids is 1. The molecule has 5 nitrogen and oxygen atoms in total. The molecule has 0 spiro atoms. The quantitative estimate of drug-likeness (QED) is 0.753. The summed E-state index contributed by atoms with van der Waals surface area (Å²) in [5.74, 6) is 3.86. The molecule has 5 fully saturated rings. The second kappa shape index (κ2) is 7.43. The Morgan fingerprint density at radius 1 is 0.938 bits per heavy atom. The van der Waals surface area contributed by atoms with Crippen LogP contribution < -0.4 is 10.2 Å². The van der Waals surface area contributed by atoms with Gasteiger partial charge in [0.15, 0.2) is 0 Å². The third-order valence-electron chi connectivity index (χ3n) is 9.07. The van der Waals surface area contributed by atoms with E-state index in [9.17, 15) is 4.79 Å². The van der Waals surface area contributed by atoms with Gasteiger partial charge in [-0.25, -0.2) is 9.97 Å². The number of aromatic nitrogens is 2. The van der Waals surface area contributed by atoms with Crippen molar-refractivity contribution in [1.82, 2.24) is 15.3 Å². The summed E-state index contributed by atoms with van der Waals surface area (Å²) in [6, 6.07) is 4.37. The van der Waals surface area contributed by atoms with Crippen molar-refractivity contribution in [3.63, 3.8) is 0 Å². The normalized spacial score (nSPS) is 32.0. The standard InChI is InChI=1S/C27H36N4O/c1-16-8-23-18(3)28-26(29-24(23)9-17(16)2)31-6-4-22(5-7-31)25(32)30-27-13-19-10-20(14-27)12-21(11-19)15-27/h8-9,19-22H,4-7,10-15H2,1-3H3,(H,30,32). The third-order valence-corrected chi connectivity index (χ3v) is 9.07. The number of hydrogen-bond donors (Lipinski definition) is 1. The number of rotatable bonds is 3. The van der Waals surface area contributed by atoms with E-state index in [0.29, 0.717) is 5.91 Å².